The Hall–Kier alpha value is -2.08. The van der Waals surface area contributed by atoms with E-state index in [9.17, 15) is 9.50 Å². The second-order valence-corrected chi connectivity index (χ2v) is 4.32. The molecule has 0 saturated carbocycles. The topological polar surface area (TPSA) is 44.0 Å². The smallest absolute Gasteiger partial charge is 0.141 e. The Morgan fingerprint density at radius 1 is 1.21 bits per heavy atom. The first-order chi connectivity index (χ1) is 9.04. The molecule has 0 radical (unpaired) electrons. The monoisotopic (exact) mass is 259 g/mol. The SMILES string of the molecule is CC.CC(C)c1cc(O)cc2ccc(F)c(C#N)c12. The van der Waals surface area contributed by atoms with Crippen molar-refractivity contribution in [1.82, 2.24) is 0 Å². The molecule has 0 saturated heterocycles. The van der Waals surface area contributed by atoms with Gasteiger partial charge in [0, 0.05) is 5.39 Å². The average molecular weight is 259 g/mol. The van der Waals surface area contributed by atoms with Gasteiger partial charge in [0.2, 0.25) is 0 Å². The maximum absolute atomic E-state index is 13.6. The van der Waals surface area contributed by atoms with Gasteiger partial charge < -0.3 is 5.11 Å². The Morgan fingerprint density at radius 3 is 2.37 bits per heavy atom. The summed E-state index contributed by atoms with van der Waals surface area (Å²) in [6, 6.07) is 7.86. The fourth-order valence-electron chi connectivity index (χ4n) is 2.02. The van der Waals surface area contributed by atoms with Crippen LogP contribution in [0.2, 0.25) is 0 Å². The van der Waals surface area contributed by atoms with E-state index in [1.165, 1.54) is 6.07 Å². The highest BCUT2D eigenvalue weighted by Gasteiger charge is 2.14. The van der Waals surface area contributed by atoms with Gasteiger partial charge in [0.25, 0.3) is 0 Å². The highest BCUT2D eigenvalue weighted by molar-refractivity contribution is 5.92. The molecule has 3 heteroatoms. The summed E-state index contributed by atoms with van der Waals surface area (Å²) in [6.07, 6.45) is 0. The maximum atomic E-state index is 13.6. The lowest BCUT2D eigenvalue weighted by atomic mass is 9.92. The summed E-state index contributed by atoms with van der Waals surface area (Å²) in [5.41, 5.74) is 0.835. The zero-order chi connectivity index (χ0) is 14.6. The fourth-order valence-corrected chi connectivity index (χ4v) is 2.02. The molecule has 0 amide bonds. The second kappa shape index (κ2) is 6.19. The molecule has 0 unspecified atom stereocenters. The number of phenolic OH excluding ortho intramolecular Hbond substituents is 1. The molecule has 0 atom stereocenters. The van der Waals surface area contributed by atoms with E-state index < -0.39 is 5.82 Å². The van der Waals surface area contributed by atoms with Gasteiger partial charge in [0.05, 0.1) is 5.56 Å². The third-order valence-electron chi connectivity index (χ3n) is 2.82. The fraction of sp³-hybridized carbons (Fsp3) is 0.312. The third kappa shape index (κ3) is 2.85. The van der Waals surface area contributed by atoms with E-state index in [0.717, 1.165) is 5.56 Å². The van der Waals surface area contributed by atoms with Crippen molar-refractivity contribution in [3.8, 4) is 11.8 Å². The van der Waals surface area contributed by atoms with Crippen LogP contribution in [0.25, 0.3) is 10.8 Å². The van der Waals surface area contributed by atoms with Gasteiger partial charge >= 0.3 is 0 Å². The molecule has 1 N–H and O–H groups in total. The van der Waals surface area contributed by atoms with Crippen molar-refractivity contribution in [3.05, 3.63) is 41.2 Å². The van der Waals surface area contributed by atoms with Gasteiger partial charge in [-0.2, -0.15) is 5.26 Å². The Kier molecular flexibility index (Phi) is 4.88. The van der Waals surface area contributed by atoms with Crippen molar-refractivity contribution < 1.29 is 9.50 Å². The molecule has 0 heterocycles. The number of fused-ring (bicyclic) bond motifs is 1. The van der Waals surface area contributed by atoms with Crippen LogP contribution in [0.5, 0.6) is 5.75 Å². The van der Waals surface area contributed by atoms with Crippen molar-refractivity contribution in [3.63, 3.8) is 0 Å². The molecule has 0 aliphatic heterocycles. The molecule has 0 bridgehead atoms. The van der Waals surface area contributed by atoms with E-state index in [2.05, 4.69) is 0 Å². The Labute approximate surface area is 113 Å². The van der Waals surface area contributed by atoms with Crippen molar-refractivity contribution in [2.75, 3.05) is 0 Å². The molecule has 2 nitrogen and oxygen atoms in total. The van der Waals surface area contributed by atoms with E-state index in [-0.39, 0.29) is 17.2 Å². The quantitative estimate of drug-likeness (QED) is 0.806. The molecular weight excluding hydrogens is 241 g/mol. The lowest BCUT2D eigenvalue weighted by Crippen LogP contribution is -1.94. The number of nitrogens with zero attached hydrogens (tertiary/aromatic N) is 1. The minimum Gasteiger partial charge on any atom is -0.508 e. The van der Waals surface area contributed by atoms with Crippen LogP contribution < -0.4 is 0 Å². The van der Waals surface area contributed by atoms with Crippen LogP contribution in [0.3, 0.4) is 0 Å². The highest BCUT2D eigenvalue weighted by Crippen LogP contribution is 2.33. The number of halogens is 1. The predicted octanol–water partition coefficient (Wildman–Crippen LogP) is 4.71. The molecule has 0 aliphatic rings. The zero-order valence-electron chi connectivity index (χ0n) is 11.7. The minimum atomic E-state index is -0.521. The van der Waals surface area contributed by atoms with Crippen LogP contribution in [-0.2, 0) is 0 Å². The van der Waals surface area contributed by atoms with Gasteiger partial charge in [0.1, 0.15) is 17.6 Å². The molecule has 2 aromatic carbocycles. The van der Waals surface area contributed by atoms with Crippen LogP contribution >= 0.6 is 0 Å². The first kappa shape index (κ1) is 15.0. The summed E-state index contributed by atoms with van der Waals surface area (Å²) in [5, 5.41) is 19.9. The van der Waals surface area contributed by atoms with E-state index >= 15 is 0 Å². The molecule has 0 spiro atoms. The summed E-state index contributed by atoms with van der Waals surface area (Å²) in [6.45, 7) is 7.89. The average Bonchev–Trinajstić information content (AvgIpc) is 2.40. The van der Waals surface area contributed by atoms with E-state index in [1.54, 1.807) is 18.2 Å². The van der Waals surface area contributed by atoms with E-state index in [1.807, 2.05) is 33.8 Å². The molecule has 0 aliphatic carbocycles. The van der Waals surface area contributed by atoms with Crippen LogP contribution in [0.4, 0.5) is 4.39 Å². The number of hydrogen-bond donors (Lipinski definition) is 1. The number of rotatable bonds is 1. The van der Waals surface area contributed by atoms with E-state index in [0.29, 0.717) is 10.8 Å². The summed E-state index contributed by atoms with van der Waals surface area (Å²) >= 11 is 0. The molecule has 19 heavy (non-hydrogen) atoms. The van der Waals surface area contributed by atoms with Crippen molar-refractivity contribution >= 4 is 10.8 Å². The molecule has 0 aromatic heterocycles. The van der Waals surface area contributed by atoms with Gasteiger partial charge in [-0.1, -0.05) is 33.8 Å². The lowest BCUT2D eigenvalue weighted by molar-refractivity contribution is 0.475. The Balaban J connectivity index is 0.000000861. The van der Waals surface area contributed by atoms with Gasteiger partial charge in [-0.15, -0.1) is 0 Å². The van der Waals surface area contributed by atoms with Crippen LogP contribution in [0, 0.1) is 17.1 Å². The summed E-state index contributed by atoms with van der Waals surface area (Å²) in [5.74, 6) is -0.275. The van der Waals surface area contributed by atoms with Crippen LogP contribution in [-0.4, -0.2) is 5.11 Å². The summed E-state index contributed by atoms with van der Waals surface area (Å²) in [4.78, 5) is 0. The van der Waals surface area contributed by atoms with Crippen LogP contribution in [0.1, 0.15) is 44.7 Å². The second-order valence-electron chi connectivity index (χ2n) is 4.32. The predicted molar refractivity (Wildman–Crippen MR) is 75.7 cm³/mol. The van der Waals surface area contributed by atoms with Crippen LogP contribution in [0.15, 0.2) is 24.3 Å². The molecular formula is C16H18FNO. The minimum absolute atomic E-state index is 0.0474. The van der Waals surface area contributed by atoms with Gasteiger partial charge in [-0.05, 0) is 35.1 Å². The largest absolute Gasteiger partial charge is 0.508 e. The van der Waals surface area contributed by atoms with E-state index in [4.69, 9.17) is 5.26 Å². The van der Waals surface area contributed by atoms with Crippen molar-refractivity contribution in [2.24, 2.45) is 0 Å². The van der Waals surface area contributed by atoms with Crippen molar-refractivity contribution in [1.29, 1.82) is 5.26 Å². The number of benzene rings is 2. The van der Waals surface area contributed by atoms with Gasteiger partial charge in [-0.3, -0.25) is 0 Å². The Bertz CT molecular complexity index is 627. The summed E-state index contributed by atoms with van der Waals surface area (Å²) < 4.78 is 13.6. The molecule has 0 fully saturated rings. The number of aromatic hydroxyl groups is 1. The highest BCUT2D eigenvalue weighted by atomic mass is 19.1. The standard InChI is InChI=1S/C14H12FNO.C2H6/c1-8(2)11-6-10(17)5-9-3-4-13(15)12(7-16)14(9)11;1-2/h3-6,8,17H,1-2H3;1-2H3. The normalized spacial score (nSPS) is 9.95. The lowest BCUT2D eigenvalue weighted by Gasteiger charge is -2.12. The Morgan fingerprint density at radius 2 is 1.84 bits per heavy atom. The van der Waals surface area contributed by atoms with Crippen molar-refractivity contribution in [2.45, 2.75) is 33.6 Å². The molecule has 2 aromatic rings. The van der Waals surface area contributed by atoms with Gasteiger partial charge in [0.15, 0.2) is 0 Å². The third-order valence-corrected chi connectivity index (χ3v) is 2.82. The summed E-state index contributed by atoms with van der Waals surface area (Å²) in [7, 11) is 0. The number of hydrogen-bond acceptors (Lipinski definition) is 2. The zero-order valence-corrected chi connectivity index (χ0v) is 11.7. The first-order valence-electron chi connectivity index (χ1n) is 6.39. The molecule has 100 valence electrons. The number of nitriles is 1. The number of phenols is 1. The molecule has 2 rings (SSSR count). The first-order valence-corrected chi connectivity index (χ1v) is 6.39. The maximum Gasteiger partial charge on any atom is 0.141 e. The van der Waals surface area contributed by atoms with Gasteiger partial charge in [-0.25, -0.2) is 4.39 Å².